The molecule has 1 fully saturated rings. The summed E-state index contributed by atoms with van der Waals surface area (Å²) in [5.74, 6) is 0.246. The molecule has 1 aromatic carbocycles. The van der Waals surface area contributed by atoms with Crippen LogP contribution in [0.1, 0.15) is 25.3 Å². The van der Waals surface area contributed by atoms with E-state index in [4.69, 9.17) is 21.1 Å². The summed E-state index contributed by atoms with van der Waals surface area (Å²) in [5, 5.41) is 0.668. The van der Waals surface area contributed by atoms with Crippen molar-refractivity contribution in [2.75, 3.05) is 20.2 Å². The van der Waals surface area contributed by atoms with E-state index in [1.54, 1.807) is 24.0 Å². The van der Waals surface area contributed by atoms with E-state index in [1.165, 1.54) is 7.11 Å². The number of halogens is 1. The predicted molar refractivity (Wildman–Crippen MR) is 87.6 cm³/mol. The summed E-state index contributed by atoms with van der Waals surface area (Å²) >= 11 is 5.98. The number of piperidine rings is 1. The highest BCUT2D eigenvalue weighted by Crippen LogP contribution is 2.23. The second-order valence-corrected chi connectivity index (χ2v) is 6.20. The SMILES string of the molecule is COC(=O)C1CCN(C(=O)C(C)Oc2ccc(Cl)c(C)c2)CC1. The zero-order chi connectivity index (χ0) is 17.0. The zero-order valence-corrected chi connectivity index (χ0v) is 14.4. The van der Waals surface area contributed by atoms with E-state index >= 15 is 0 Å². The van der Waals surface area contributed by atoms with Gasteiger partial charge in [-0.2, -0.15) is 0 Å². The van der Waals surface area contributed by atoms with Crippen LogP contribution >= 0.6 is 11.6 Å². The van der Waals surface area contributed by atoms with Crippen LogP contribution in [0.4, 0.5) is 0 Å². The minimum absolute atomic E-state index is 0.0686. The molecule has 1 saturated heterocycles. The number of rotatable bonds is 4. The molecule has 6 heteroatoms. The topological polar surface area (TPSA) is 55.8 Å². The number of likely N-dealkylation sites (tertiary alicyclic amines) is 1. The van der Waals surface area contributed by atoms with Gasteiger partial charge in [-0.15, -0.1) is 0 Å². The number of aryl methyl sites for hydroxylation is 1. The highest BCUT2D eigenvalue weighted by molar-refractivity contribution is 6.31. The van der Waals surface area contributed by atoms with Crippen molar-refractivity contribution in [3.05, 3.63) is 28.8 Å². The maximum absolute atomic E-state index is 12.5. The number of amides is 1. The third-order valence-electron chi connectivity index (χ3n) is 4.13. The highest BCUT2D eigenvalue weighted by atomic mass is 35.5. The lowest BCUT2D eigenvalue weighted by molar-refractivity contribution is -0.150. The Morgan fingerprint density at radius 2 is 1.96 bits per heavy atom. The first-order valence-electron chi connectivity index (χ1n) is 7.71. The number of nitrogens with zero attached hydrogens (tertiary/aromatic N) is 1. The maximum Gasteiger partial charge on any atom is 0.308 e. The van der Waals surface area contributed by atoms with E-state index in [-0.39, 0.29) is 17.8 Å². The number of ether oxygens (including phenoxy) is 2. The number of methoxy groups -OCH3 is 1. The van der Waals surface area contributed by atoms with Crippen molar-refractivity contribution in [2.24, 2.45) is 5.92 Å². The lowest BCUT2D eigenvalue weighted by atomic mass is 9.97. The van der Waals surface area contributed by atoms with E-state index in [1.807, 2.05) is 13.0 Å². The molecule has 5 nitrogen and oxygen atoms in total. The van der Waals surface area contributed by atoms with Gasteiger partial charge < -0.3 is 14.4 Å². The van der Waals surface area contributed by atoms with Crippen molar-refractivity contribution in [3.63, 3.8) is 0 Å². The average Bonchev–Trinajstić information content (AvgIpc) is 2.57. The molecule has 126 valence electrons. The Morgan fingerprint density at radius 1 is 1.30 bits per heavy atom. The molecule has 0 spiro atoms. The molecular weight excluding hydrogens is 318 g/mol. The van der Waals surface area contributed by atoms with Gasteiger partial charge in [0.15, 0.2) is 6.10 Å². The third kappa shape index (κ3) is 4.38. The van der Waals surface area contributed by atoms with Crippen LogP contribution in [0.2, 0.25) is 5.02 Å². The van der Waals surface area contributed by atoms with Crippen LogP contribution in [0.15, 0.2) is 18.2 Å². The Balaban J connectivity index is 1.90. The quantitative estimate of drug-likeness (QED) is 0.791. The average molecular weight is 340 g/mol. The number of carbonyl (C=O) groups excluding carboxylic acids is 2. The predicted octanol–water partition coefficient (Wildman–Crippen LogP) is 2.83. The fourth-order valence-electron chi connectivity index (χ4n) is 2.70. The number of hydrogen-bond acceptors (Lipinski definition) is 4. The first kappa shape index (κ1) is 17.6. The molecule has 1 unspecified atom stereocenters. The number of hydrogen-bond donors (Lipinski definition) is 0. The lowest BCUT2D eigenvalue weighted by Crippen LogP contribution is -2.45. The minimum atomic E-state index is -0.578. The molecule has 1 aliphatic heterocycles. The first-order valence-corrected chi connectivity index (χ1v) is 8.09. The van der Waals surface area contributed by atoms with Crippen LogP contribution in [0, 0.1) is 12.8 Å². The smallest absolute Gasteiger partial charge is 0.308 e. The summed E-state index contributed by atoms with van der Waals surface area (Å²) in [7, 11) is 1.39. The Hall–Kier alpha value is -1.75. The molecule has 0 N–H and O–H groups in total. The molecule has 0 radical (unpaired) electrons. The molecule has 1 aromatic rings. The summed E-state index contributed by atoms with van der Waals surface area (Å²) < 4.78 is 10.5. The Bertz CT molecular complexity index is 582. The van der Waals surface area contributed by atoms with Gasteiger partial charge in [0.25, 0.3) is 5.91 Å². The van der Waals surface area contributed by atoms with Gasteiger partial charge >= 0.3 is 5.97 Å². The normalized spacial score (nSPS) is 16.8. The summed E-state index contributed by atoms with van der Waals surface area (Å²) in [4.78, 5) is 25.7. The summed E-state index contributed by atoms with van der Waals surface area (Å²) in [6.45, 7) is 4.72. The molecule has 2 rings (SSSR count). The molecule has 1 aliphatic rings. The van der Waals surface area contributed by atoms with E-state index in [2.05, 4.69) is 0 Å². The lowest BCUT2D eigenvalue weighted by Gasteiger charge is -2.32. The standard InChI is InChI=1S/C17H22ClNO4/c1-11-10-14(4-5-15(11)18)23-12(2)16(20)19-8-6-13(7-9-19)17(21)22-3/h4-5,10,12-13H,6-9H2,1-3H3. The van der Waals surface area contributed by atoms with Gasteiger partial charge in [-0.1, -0.05) is 11.6 Å². The van der Waals surface area contributed by atoms with E-state index < -0.39 is 6.10 Å². The van der Waals surface area contributed by atoms with Crippen molar-refractivity contribution in [1.29, 1.82) is 0 Å². The first-order chi connectivity index (χ1) is 10.9. The summed E-state index contributed by atoms with van der Waals surface area (Å²) in [6, 6.07) is 5.32. The number of esters is 1. The van der Waals surface area contributed by atoms with Gasteiger partial charge in [0, 0.05) is 18.1 Å². The number of benzene rings is 1. The van der Waals surface area contributed by atoms with Crippen molar-refractivity contribution >= 4 is 23.5 Å². The molecular formula is C17H22ClNO4. The molecule has 1 atom stereocenters. The van der Waals surface area contributed by atoms with Crippen LogP contribution in [-0.2, 0) is 14.3 Å². The second kappa shape index (κ2) is 7.68. The Morgan fingerprint density at radius 3 is 2.52 bits per heavy atom. The molecule has 0 bridgehead atoms. The monoisotopic (exact) mass is 339 g/mol. The minimum Gasteiger partial charge on any atom is -0.481 e. The molecule has 0 saturated carbocycles. The molecule has 1 amide bonds. The highest BCUT2D eigenvalue weighted by Gasteiger charge is 2.30. The van der Waals surface area contributed by atoms with Gasteiger partial charge in [0.2, 0.25) is 0 Å². The fraction of sp³-hybridized carbons (Fsp3) is 0.529. The van der Waals surface area contributed by atoms with Crippen molar-refractivity contribution in [3.8, 4) is 5.75 Å². The molecule has 0 aliphatic carbocycles. The van der Waals surface area contributed by atoms with Crippen LogP contribution < -0.4 is 4.74 Å². The molecule has 1 heterocycles. The van der Waals surface area contributed by atoms with E-state index in [0.29, 0.717) is 36.7 Å². The van der Waals surface area contributed by atoms with Gasteiger partial charge in [0.05, 0.1) is 13.0 Å². The Kier molecular flexibility index (Phi) is 5.88. The van der Waals surface area contributed by atoms with Crippen LogP contribution in [-0.4, -0.2) is 43.1 Å². The van der Waals surface area contributed by atoms with Gasteiger partial charge in [0.1, 0.15) is 5.75 Å². The molecule has 0 aromatic heterocycles. The van der Waals surface area contributed by atoms with E-state index in [9.17, 15) is 9.59 Å². The zero-order valence-electron chi connectivity index (χ0n) is 13.7. The largest absolute Gasteiger partial charge is 0.481 e. The Labute approximate surface area is 141 Å². The summed E-state index contributed by atoms with van der Waals surface area (Å²) in [6.07, 6.45) is 0.682. The second-order valence-electron chi connectivity index (χ2n) is 5.79. The summed E-state index contributed by atoms with van der Waals surface area (Å²) in [5.41, 5.74) is 0.905. The van der Waals surface area contributed by atoms with Gasteiger partial charge in [-0.25, -0.2) is 0 Å². The van der Waals surface area contributed by atoms with Gasteiger partial charge in [-0.05, 0) is 50.5 Å². The van der Waals surface area contributed by atoms with Crippen LogP contribution in [0.3, 0.4) is 0 Å². The third-order valence-corrected chi connectivity index (χ3v) is 4.56. The van der Waals surface area contributed by atoms with Crippen molar-refractivity contribution in [2.45, 2.75) is 32.8 Å². The fourth-order valence-corrected chi connectivity index (χ4v) is 2.82. The van der Waals surface area contributed by atoms with Crippen molar-refractivity contribution in [1.82, 2.24) is 4.90 Å². The van der Waals surface area contributed by atoms with Crippen molar-refractivity contribution < 1.29 is 19.1 Å². The van der Waals surface area contributed by atoms with E-state index in [0.717, 1.165) is 5.56 Å². The van der Waals surface area contributed by atoms with Crippen LogP contribution in [0.5, 0.6) is 5.75 Å². The molecule has 23 heavy (non-hydrogen) atoms. The number of carbonyl (C=O) groups is 2. The maximum atomic E-state index is 12.5. The van der Waals surface area contributed by atoms with Gasteiger partial charge in [-0.3, -0.25) is 9.59 Å². The van der Waals surface area contributed by atoms with Crippen LogP contribution in [0.25, 0.3) is 0 Å².